The summed E-state index contributed by atoms with van der Waals surface area (Å²) < 4.78 is 10.7. The first-order valence-corrected chi connectivity index (χ1v) is 7.88. The molecule has 3 rings (SSSR count). The first-order chi connectivity index (χ1) is 12.1. The fourth-order valence-corrected chi connectivity index (χ4v) is 2.85. The molecule has 0 aliphatic carbocycles. The van der Waals surface area contributed by atoms with Gasteiger partial charge in [0.1, 0.15) is 6.10 Å². The van der Waals surface area contributed by atoms with Crippen molar-refractivity contribution >= 4 is 11.6 Å². The first-order valence-electron chi connectivity index (χ1n) is 7.88. The van der Waals surface area contributed by atoms with E-state index in [1.165, 1.54) is 19.2 Å². The molecule has 0 N–H and O–H groups in total. The largest absolute Gasteiger partial charge is 0.490 e. The highest BCUT2D eigenvalue weighted by Gasteiger charge is 2.27. The summed E-state index contributed by atoms with van der Waals surface area (Å²) in [6.45, 7) is 1.27. The predicted octanol–water partition coefficient (Wildman–Crippen LogP) is 2.82. The zero-order valence-electron chi connectivity index (χ0n) is 13.8. The molecule has 0 unspecified atom stereocenters. The van der Waals surface area contributed by atoms with Crippen LogP contribution >= 0.6 is 0 Å². The first kappa shape index (κ1) is 16.9. The Hall–Kier alpha value is -2.93. The molecule has 25 heavy (non-hydrogen) atoms. The predicted molar refractivity (Wildman–Crippen MR) is 90.7 cm³/mol. The molecule has 1 amide bonds. The van der Waals surface area contributed by atoms with Crippen molar-refractivity contribution in [2.75, 3.05) is 26.8 Å². The number of benzene rings is 2. The van der Waals surface area contributed by atoms with Gasteiger partial charge in [-0.05, 0) is 17.7 Å². The number of nitro benzene ring substituents is 1. The summed E-state index contributed by atoms with van der Waals surface area (Å²) in [6.07, 6.45) is -0.202. The summed E-state index contributed by atoms with van der Waals surface area (Å²) in [7, 11) is 1.36. The molecular weight excluding hydrogens is 324 g/mol. The summed E-state index contributed by atoms with van der Waals surface area (Å²) in [5.41, 5.74) is 1.04. The average Bonchev–Trinajstić information content (AvgIpc) is 2.67. The lowest BCUT2D eigenvalue weighted by Crippen LogP contribution is -2.42. The number of ether oxygens (including phenoxy) is 2. The Morgan fingerprint density at radius 2 is 2.04 bits per heavy atom. The minimum absolute atomic E-state index is 0.130. The molecule has 1 fully saturated rings. The standard InChI is InChI=1S/C18H18N2O5/c1-24-16-8-7-14(11-15(16)20(22)23)18(21)19-9-10-25-17(12-19)13-5-3-2-4-6-13/h2-8,11,17H,9-10,12H2,1H3/t17-/m0/s1. The van der Waals surface area contributed by atoms with Gasteiger partial charge in [0.25, 0.3) is 5.91 Å². The molecule has 0 aromatic heterocycles. The summed E-state index contributed by atoms with van der Waals surface area (Å²) in [5, 5.41) is 11.1. The number of morpholine rings is 1. The number of rotatable bonds is 4. The second kappa shape index (κ2) is 7.31. The number of carbonyl (C=O) groups excluding carboxylic acids is 1. The second-order valence-corrected chi connectivity index (χ2v) is 5.67. The van der Waals surface area contributed by atoms with Crippen LogP contribution in [0.1, 0.15) is 22.0 Å². The lowest BCUT2D eigenvalue weighted by atomic mass is 10.1. The average molecular weight is 342 g/mol. The summed E-state index contributed by atoms with van der Waals surface area (Å²) in [4.78, 5) is 25.0. The van der Waals surface area contributed by atoms with E-state index in [0.29, 0.717) is 19.7 Å². The topological polar surface area (TPSA) is 81.9 Å². The maximum absolute atomic E-state index is 12.8. The molecular formula is C18H18N2O5. The van der Waals surface area contributed by atoms with Gasteiger partial charge < -0.3 is 14.4 Å². The lowest BCUT2D eigenvalue weighted by molar-refractivity contribution is -0.385. The Morgan fingerprint density at radius 3 is 2.72 bits per heavy atom. The van der Waals surface area contributed by atoms with Crippen molar-refractivity contribution in [2.45, 2.75) is 6.10 Å². The highest BCUT2D eigenvalue weighted by Crippen LogP contribution is 2.29. The van der Waals surface area contributed by atoms with Gasteiger partial charge in [-0.2, -0.15) is 0 Å². The Labute approximate surface area is 144 Å². The zero-order chi connectivity index (χ0) is 17.8. The third kappa shape index (κ3) is 3.61. The van der Waals surface area contributed by atoms with Crippen LogP contribution in [0.2, 0.25) is 0 Å². The molecule has 0 saturated carbocycles. The number of carbonyl (C=O) groups is 1. The van der Waals surface area contributed by atoms with E-state index in [1.807, 2.05) is 30.3 Å². The molecule has 2 aromatic rings. The van der Waals surface area contributed by atoms with E-state index in [9.17, 15) is 14.9 Å². The Kier molecular flexibility index (Phi) is 4.95. The molecule has 1 atom stereocenters. The fourth-order valence-electron chi connectivity index (χ4n) is 2.85. The third-order valence-electron chi connectivity index (χ3n) is 4.15. The maximum Gasteiger partial charge on any atom is 0.311 e. The molecule has 1 heterocycles. The van der Waals surface area contributed by atoms with E-state index < -0.39 is 4.92 Å². The fraction of sp³-hybridized carbons (Fsp3) is 0.278. The van der Waals surface area contributed by atoms with Crippen LogP contribution in [0.3, 0.4) is 0 Å². The van der Waals surface area contributed by atoms with Gasteiger partial charge in [-0.3, -0.25) is 14.9 Å². The van der Waals surface area contributed by atoms with Gasteiger partial charge in [0, 0.05) is 18.2 Å². The van der Waals surface area contributed by atoms with E-state index >= 15 is 0 Å². The van der Waals surface area contributed by atoms with E-state index in [-0.39, 0.29) is 29.0 Å². The van der Waals surface area contributed by atoms with Crippen LogP contribution in [0.5, 0.6) is 5.75 Å². The molecule has 1 aliphatic rings. The van der Waals surface area contributed by atoms with Crippen LogP contribution in [0.25, 0.3) is 0 Å². The molecule has 7 nitrogen and oxygen atoms in total. The Balaban J connectivity index is 1.81. The van der Waals surface area contributed by atoms with Crippen molar-refractivity contribution in [2.24, 2.45) is 0 Å². The van der Waals surface area contributed by atoms with Crippen LogP contribution < -0.4 is 4.74 Å². The Bertz CT molecular complexity index is 778. The van der Waals surface area contributed by atoms with Gasteiger partial charge in [-0.15, -0.1) is 0 Å². The molecule has 0 spiro atoms. The number of nitro groups is 1. The van der Waals surface area contributed by atoms with Crippen molar-refractivity contribution in [3.63, 3.8) is 0 Å². The van der Waals surface area contributed by atoms with Gasteiger partial charge in [-0.25, -0.2) is 0 Å². The van der Waals surface area contributed by atoms with Crippen molar-refractivity contribution < 1.29 is 19.2 Å². The maximum atomic E-state index is 12.8. The molecule has 1 aliphatic heterocycles. The molecule has 7 heteroatoms. The molecule has 130 valence electrons. The van der Waals surface area contributed by atoms with Gasteiger partial charge >= 0.3 is 5.69 Å². The second-order valence-electron chi connectivity index (χ2n) is 5.67. The van der Waals surface area contributed by atoms with E-state index in [1.54, 1.807) is 11.0 Å². The number of hydrogen-bond acceptors (Lipinski definition) is 5. The van der Waals surface area contributed by atoms with E-state index in [2.05, 4.69) is 0 Å². The van der Waals surface area contributed by atoms with Crippen molar-refractivity contribution in [1.82, 2.24) is 4.90 Å². The SMILES string of the molecule is COc1ccc(C(=O)N2CCO[C@H](c3ccccc3)C2)cc1[N+](=O)[O-]. The van der Waals surface area contributed by atoms with Crippen LogP contribution in [-0.2, 0) is 4.74 Å². The van der Waals surface area contributed by atoms with E-state index in [4.69, 9.17) is 9.47 Å². The van der Waals surface area contributed by atoms with Crippen molar-refractivity contribution in [3.8, 4) is 5.75 Å². The molecule has 1 saturated heterocycles. The van der Waals surface area contributed by atoms with Gasteiger partial charge in [0.05, 0.1) is 25.2 Å². The number of amides is 1. The monoisotopic (exact) mass is 342 g/mol. The van der Waals surface area contributed by atoms with Crippen molar-refractivity contribution in [3.05, 3.63) is 69.8 Å². The highest BCUT2D eigenvalue weighted by molar-refractivity contribution is 5.95. The van der Waals surface area contributed by atoms with Gasteiger partial charge in [-0.1, -0.05) is 30.3 Å². The minimum atomic E-state index is -0.554. The van der Waals surface area contributed by atoms with Crippen molar-refractivity contribution in [1.29, 1.82) is 0 Å². The van der Waals surface area contributed by atoms with Gasteiger partial charge in [0.15, 0.2) is 5.75 Å². The van der Waals surface area contributed by atoms with Crippen LogP contribution in [-0.4, -0.2) is 42.5 Å². The summed E-state index contributed by atoms with van der Waals surface area (Å²) >= 11 is 0. The number of nitrogens with zero attached hydrogens (tertiary/aromatic N) is 2. The summed E-state index contributed by atoms with van der Waals surface area (Å²) in [5.74, 6) is -0.124. The third-order valence-corrected chi connectivity index (χ3v) is 4.15. The zero-order valence-corrected chi connectivity index (χ0v) is 13.8. The van der Waals surface area contributed by atoms with Gasteiger partial charge in [0.2, 0.25) is 0 Å². The van der Waals surface area contributed by atoms with Crippen LogP contribution in [0.15, 0.2) is 48.5 Å². The summed E-state index contributed by atoms with van der Waals surface area (Å²) in [6, 6.07) is 13.9. The lowest BCUT2D eigenvalue weighted by Gasteiger charge is -2.33. The number of hydrogen-bond donors (Lipinski definition) is 0. The minimum Gasteiger partial charge on any atom is -0.490 e. The quantitative estimate of drug-likeness (QED) is 0.630. The normalized spacial score (nSPS) is 17.2. The van der Waals surface area contributed by atoms with Crippen LogP contribution in [0, 0.1) is 10.1 Å². The van der Waals surface area contributed by atoms with Crippen LogP contribution in [0.4, 0.5) is 5.69 Å². The van der Waals surface area contributed by atoms with E-state index in [0.717, 1.165) is 5.56 Å². The Morgan fingerprint density at radius 1 is 1.28 bits per heavy atom. The molecule has 0 bridgehead atoms. The molecule has 2 aromatic carbocycles. The highest BCUT2D eigenvalue weighted by atomic mass is 16.6. The molecule has 0 radical (unpaired) electrons. The number of methoxy groups -OCH3 is 1. The smallest absolute Gasteiger partial charge is 0.311 e.